The van der Waals surface area contributed by atoms with Crippen molar-refractivity contribution in [2.75, 3.05) is 12.0 Å². The topological polar surface area (TPSA) is 38.8 Å². The highest BCUT2D eigenvalue weighted by atomic mass is 16.6. The number of benzene rings is 3. The molecule has 0 aliphatic carbocycles. The first-order chi connectivity index (χ1) is 12.8. The summed E-state index contributed by atoms with van der Waals surface area (Å²) in [6.45, 7) is 0.641. The molecule has 1 aliphatic rings. The predicted molar refractivity (Wildman–Crippen MR) is 100 cm³/mol. The van der Waals surface area contributed by atoms with Gasteiger partial charge in [0.2, 0.25) is 6.23 Å². The minimum absolute atomic E-state index is 0.300. The van der Waals surface area contributed by atoms with Crippen LogP contribution in [0.3, 0.4) is 0 Å². The zero-order valence-electron chi connectivity index (χ0n) is 14.5. The Labute approximate surface area is 152 Å². The Bertz CT molecular complexity index is 906. The van der Waals surface area contributed by atoms with Crippen LogP contribution in [0.2, 0.25) is 0 Å². The fraction of sp³-hybridized carbons (Fsp3) is 0.136. The number of nitrogens with zero attached hydrogens (tertiary/aromatic N) is 1. The van der Waals surface area contributed by atoms with Crippen LogP contribution in [0.25, 0.3) is 0 Å². The van der Waals surface area contributed by atoms with Crippen LogP contribution in [0.1, 0.15) is 27.7 Å². The molecule has 0 N–H and O–H groups in total. The summed E-state index contributed by atoms with van der Waals surface area (Å²) in [5.41, 5.74) is 3.53. The van der Waals surface area contributed by atoms with Crippen molar-refractivity contribution in [1.82, 2.24) is 0 Å². The van der Waals surface area contributed by atoms with E-state index in [-0.39, 0.29) is 5.97 Å². The number of hydrogen-bond acceptors (Lipinski definition) is 4. The quantitative estimate of drug-likeness (QED) is 0.649. The Kier molecular flexibility index (Phi) is 4.32. The van der Waals surface area contributed by atoms with E-state index < -0.39 is 6.23 Å². The fourth-order valence-corrected chi connectivity index (χ4v) is 3.22. The molecule has 0 amide bonds. The largest absolute Gasteiger partial charge is 0.497 e. The van der Waals surface area contributed by atoms with Gasteiger partial charge in [0.1, 0.15) is 5.75 Å². The Morgan fingerprint density at radius 1 is 0.923 bits per heavy atom. The molecule has 3 aromatic rings. The smallest absolute Gasteiger partial charge is 0.342 e. The van der Waals surface area contributed by atoms with Crippen LogP contribution in [0.4, 0.5) is 5.69 Å². The van der Waals surface area contributed by atoms with Crippen molar-refractivity contribution in [3.8, 4) is 5.75 Å². The second-order valence-corrected chi connectivity index (χ2v) is 6.16. The minimum Gasteiger partial charge on any atom is -0.497 e. The summed E-state index contributed by atoms with van der Waals surface area (Å²) in [6, 6.07) is 25.4. The Hall–Kier alpha value is -3.27. The third kappa shape index (κ3) is 3.02. The van der Waals surface area contributed by atoms with E-state index in [1.165, 1.54) is 0 Å². The van der Waals surface area contributed by atoms with Crippen molar-refractivity contribution in [2.45, 2.75) is 12.8 Å². The van der Waals surface area contributed by atoms with E-state index in [2.05, 4.69) is 17.0 Å². The van der Waals surface area contributed by atoms with Crippen molar-refractivity contribution in [2.24, 2.45) is 0 Å². The highest BCUT2D eigenvalue weighted by Crippen LogP contribution is 2.38. The van der Waals surface area contributed by atoms with Crippen LogP contribution >= 0.6 is 0 Å². The summed E-state index contributed by atoms with van der Waals surface area (Å²) >= 11 is 0. The zero-order chi connectivity index (χ0) is 17.9. The maximum absolute atomic E-state index is 12.5. The number of esters is 1. The van der Waals surface area contributed by atoms with Crippen molar-refractivity contribution >= 4 is 11.7 Å². The summed E-state index contributed by atoms with van der Waals surface area (Å²) in [4.78, 5) is 14.6. The molecule has 26 heavy (non-hydrogen) atoms. The van der Waals surface area contributed by atoms with Gasteiger partial charge in [-0.25, -0.2) is 4.79 Å². The summed E-state index contributed by atoms with van der Waals surface area (Å²) < 4.78 is 11.0. The first-order valence-corrected chi connectivity index (χ1v) is 8.51. The molecular weight excluding hydrogens is 326 g/mol. The van der Waals surface area contributed by atoms with Crippen LogP contribution in [-0.2, 0) is 11.3 Å². The summed E-state index contributed by atoms with van der Waals surface area (Å²) in [7, 11) is 1.63. The number of para-hydroxylation sites is 1. The third-order valence-electron chi connectivity index (χ3n) is 4.53. The molecule has 4 rings (SSSR count). The number of carbonyl (C=O) groups is 1. The maximum Gasteiger partial charge on any atom is 0.342 e. The molecular formula is C22H19NO3. The van der Waals surface area contributed by atoms with E-state index in [0.717, 1.165) is 22.6 Å². The lowest BCUT2D eigenvalue weighted by molar-refractivity contribution is 0.0245. The number of rotatable bonds is 4. The van der Waals surface area contributed by atoms with Gasteiger partial charge in [-0.3, -0.25) is 0 Å². The maximum atomic E-state index is 12.5. The molecule has 1 unspecified atom stereocenters. The summed E-state index contributed by atoms with van der Waals surface area (Å²) in [5.74, 6) is 0.469. The van der Waals surface area contributed by atoms with Gasteiger partial charge in [-0.1, -0.05) is 42.5 Å². The molecule has 130 valence electrons. The molecule has 0 fully saturated rings. The first-order valence-electron chi connectivity index (χ1n) is 8.51. The van der Waals surface area contributed by atoms with E-state index in [9.17, 15) is 4.79 Å². The molecule has 1 heterocycles. The van der Waals surface area contributed by atoms with Crippen LogP contribution in [-0.4, -0.2) is 13.1 Å². The normalized spacial score (nSPS) is 16.0. The molecule has 4 heteroatoms. The van der Waals surface area contributed by atoms with Gasteiger partial charge >= 0.3 is 5.97 Å². The monoisotopic (exact) mass is 345 g/mol. The van der Waals surface area contributed by atoms with Gasteiger partial charge in [-0.2, -0.15) is 0 Å². The number of ether oxygens (including phenoxy) is 2. The number of cyclic esters (lactones) is 1. The standard InChI is InChI=1S/C22H19NO3/c1-25-18-13-11-17(12-14-18)21-23(15-16-7-3-2-4-8-16)20-10-6-5-9-19(20)22(24)26-21/h2-14,21H,15H2,1H3. The first kappa shape index (κ1) is 16.2. The second kappa shape index (κ2) is 6.92. The van der Waals surface area contributed by atoms with Gasteiger partial charge in [-0.05, 0) is 42.0 Å². The average Bonchev–Trinajstić information content (AvgIpc) is 2.71. The molecule has 1 aliphatic heterocycles. The van der Waals surface area contributed by atoms with Gasteiger partial charge < -0.3 is 14.4 Å². The van der Waals surface area contributed by atoms with Crippen molar-refractivity contribution in [1.29, 1.82) is 0 Å². The van der Waals surface area contributed by atoms with Gasteiger partial charge in [0, 0.05) is 12.1 Å². The number of methoxy groups -OCH3 is 1. The summed E-state index contributed by atoms with van der Waals surface area (Å²) in [6.07, 6.45) is -0.483. The predicted octanol–water partition coefficient (Wildman–Crippen LogP) is 4.57. The van der Waals surface area contributed by atoms with E-state index in [0.29, 0.717) is 12.1 Å². The van der Waals surface area contributed by atoms with Gasteiger partial charge in [0.25, 0.3) is 0 Å². The fourth-order valence-electron chi connectivity index (χ4n) is 3.22. The Morgan fingerprint density at radius 3 is 2.35 bits per heavy atom. The van der Waals surface area contributed by atoms with Gasteiger partial charge in [0.15, 0.2) is 0 Å². The van der Waals surface area contributed by atoms with Crippen molar-refractivity contribution in [3.05, 3.63) is 95.6 Å². The second-order valence-electron chi connectivity index (χ2n) is 6.16. The number of hydrogen-bond donors (Lipinski definition) is 0. The summed E-state index contributed by atoms with van der Waals surface area (Å²) in [5, 5.41) is 0. The van der Waals surface area contributed by atoms with Crippen LogP contribution in [0.5, 0.6) is 5.75 Å². The molecule has 0 aromatic heterocycles. The van der Waals surface area contributed by atoms with Crippen molar-refractivity contribution in [3.63, 3.8) is 0 Å². The minimum atomic E-state index is -0.483. The zero-order valence-corrected chi connectivity index (χ0v) is 14.5. The third-order valence-corrected chi connectivity index (χ3v) is 4.53. The Balaban J connectivity index is 1.76. The molecule has 0 saturated carbocycles. The molecule has 0 bridgehead atoms. The van der Waals surface area contributed by atoms with E-state index in [4.69, 9.17) is 9.47 Å². The highest BCUT2D eigenvalue weighted by Gasteiger charge is 2.33. The van der Waals surface area contributed by atoms with Gasteiger partial charge in [0.05, 0.1) is 18.4 Å². The Morgan fingerprint density at radius 2 is 1.62 bits per heavy atom. The molecule has 0 radical (unpaired) electrons. The molecule has 0 spiro atoms. The lowest BCUT2D eigenvalue weighted by Crippen LogP contribution is -2.37. The molecule has 1 atom stereocenters. The highest BCUT2D eigenvalue weighted by molar-refractivity contribution is 5.97. The van der Waals surface area contributed by atoms with E-state index in [1.54, 1.807) is 13.2 Å². The van der Waals surface area contributed by atoms with Crippen LogP contribution < -0.4 is 9.64 Å². The lowest BCUT2D eigenvalue weighted by atomic mass is 10.0. The van der Waals surface area contributed by atoms with E-state index >= 15 is 0 Å². The molecule has 3 aromatic carbocycles. The molecule has 0 saturated heterocycles. The van der Waals surface area contributed by atoms with Crippen LogP contribution in [0.15, 0.2) is 78.9 Å². The molecule has 4 nitrogen and oxygen atoms in total. The SMILES string of the molecule is COc1ccc(C2OC(=O)c3ccccc3N2Cc2ccccc2)cc1. The number of anilines is 1. The van der Waals surface area contributed by atoms with Crippen molar-refractivity contribution < 1.29 is 14.3 Å². The lowest BCUT2D eigenvalue weighted by Gasteiger charge is -2.38. The number of carbonyl (C=O) groups excluding carboxylic acids is 1. The van der Waals surface area contributed by atoms with Crippen LogP contribution in [0, 0.1) is 0 Å². The van der Waals surface area contributed by atoms with Gasteiger partial charge in [-0.15, -0.1) is 0 Å². The average molecular weight is 345 g/mol. The number of fused-ring (bicyclic) bond motifs is 1. The van der Waals surface area contributed by atoms with E-state index in [1.807, 2.05) is 60.7 Å².